The minimum absolute atomic E-state index is 0.0689. The van der Waals surface area contributed by atoms with Crippen LogP contribution in [0.3, 0.4) is 0 Å². The van der Waals surface area contributed by atoms with Crippen molar-refractivity contribution >= 4 is 28.5 Å². The number of fused-ring (bicyclic) bond motifs is 1. The van der Waals surface area contributed by atoms with E-state index in [1.807, 2.05) is 64.3 Å². The lowest BCUT2D eigenvalue weighted by Gasteiger charge is -2.29. The molecule has 1 atom stereocenters. The van der Waals surface area contributed by atoms with Crippen molar-refractivity contribution in [2.24, 2.45) is 4.99 Å². The summed E-state index contributed by atoms with van der Waals surface area (Å²) in [6.45, 7) is 2.07. The van der Waals surface area contributed by atoms with Crippen LogP contribution in [0.15, 0.2) is 102 Å². The van der Waals surface area contributed by atoms with Gasteiger partial charge in [-0.05, 0) is 30.7 Å². The minimum atomic E-state index is -0.293. The third-order valence-electron chi connectivity index (χ3n) is 6.09. The molecule has 3 aromatic carbocycles. The van der Waals surface area contributed by atoms with Crippen molar-refractivity contribution in [1.82, 2.24) is 14.7 Å². The van der Waals surface area contributed by atoms with Crippen LogP contribution in [0.4, 0.5) is 0 Å². The normalized spacial score (nSPS) is 17.4. The van der Waals surface area contributed by atoms with Crippen molar-refractivity contribution < 1.29 is 4.79 Å². The van der Waals surface area contributed by atoms with E-state index in [0.717, 1.165) is 38.9 Å². The Labute approximate surface area is 202 Å². The third kappa shape index (κ3) is 3.66. The van der Waals surface area contributed by atoms with Crippen molar-refractivity contribution in [1.29, 1.82) is 0 Å². The van der Waals surface area contributed by atoms with Crippen molar-refractivity contribution in [3.8, 4) is 16.9 Å². The number of para-hydroxylation sites is 1. The Kier molecular flexibility index (Phi) is 5.15. The predicted octanol–water partition coefficient (Wildman–Crippen LogP) is 5.87. The molecule has 6 rings (SSSR count). The molecule has 3 heterocycles. The van der Waals surface area contributed by atoms with Gasteiger partial charge in [0.05, 0.1) is 28.9 Å². The van der Waals surface area contributed by atoms with E-state index in [-0.39, 0.29) is 11.9 Å². The van der Waals surface area contributed by atoms with Crippen molar-refractivity contribution in [3.63, 3.8) is 0 Å². The van der Waals surface area contributed by atoms with Gasteiger partial charge in [-0.25, -0.2) is 9.67 Å². The maximum atomic E-state index is 13.0. The van der Waals surface area contributed by atoms with Crippen LogP contribution in [-0.2, 0) is 4.79 Å². The smallest absolute Gasteiger partial charge is 0.239 e. The summed E-state index contributed by atoms with van der Waals surface area (Å²) in [7, 11) is 0. The van der Waals surface area contributed by atoms with E-state index >= 15 is 0 Å². The molecule has 1 aromatic heterocycles. The second kappa shape index (κ2) is 8.47. The number of thioether (sulfide) groups is 1. The maximum absolute atomic E-state index is 13.0. The van der Waals surface area contributed by atoms with Gasteiger partial charge in [-0.1, -0.05) is 90.1 Å². The lowest BCUT2D eigenvalue weighted by molar-refractivity contribution is -0.125. The van der Waals surface area contributed by atoms with Crippen LogP contribution in [0.5, 0.6) is 0 Å². The highest BCUT2D eigenvalue weighted by atomic mass is 32.2. The number of carbonyl (C=O) groups excluding carboxylic acids is 1. The fourth-order valence-electron chi connectivity index (χ4n) is 4.35. The Balaban J connectivity index is 1.54. The number of amidine groups is 1. The molecule has 166 valence electrons. The van der Waals surface area contributed by atoms with Gasteiger partial charge in [0.15, 0.2) is 5.17 Å². The van der Waals surface area contributed by atoms with E-state index in [1.165, 1.54) is 17.3 Å². The van der Waals surface area contributed by atoms with Gasteiger partial charge in [0.1, 0.15) is 0 Å². The minimum Gasteiger partial charge on any atom is -0.279 e. The van der Waals surface area contributed by atoms with Gasteiger partial charge in [0.25, 0.3) is 0 Å². The zero-order valence-corrected chi connectivity index (χ0v) is 19.4. The maximum Gasteiger partial charge on any atom is 0.239 e. The number of aromatic nitrogens is 2. The summed E-state index contributed by atoms with van der Waals surface area (Å²) in [6.07, 6.45) is 4.14. The number of hydrogen-bond acceptors (Lipinski definition) is 4. The van der Waals surface area contributed by atoms with Gasteiger partial charge in [-0.15, -0.1) is 0 Å². The first kappa shape index (κ1) is 20.7. The van der Waals surface area contributed by atoms with Gasteiger partial charge in [-0.3, -0.25) is 9.69 Å². The monoisotopic (exact) mass is 462 g/mol. The molecule has 1 saturated heterocycles. The SMILES string of the molecule is Cc1ccc(C2=C[C@H](c3cn(-c4ccccc4)nc3-c3ccccc3)N3C(=O)CSC3=N2)cc1. The number of carbonyl (C=O) groups is 1. The number of aryl methyl sites for hydroxylation is 1. The number of nitrogens with zero attached hydrogens (tertiary/aromatic N) is 4. The summed E-state index contributed by atoms with van der Waals surface area (Å²) in [6, 6.07) is 28.3. The molecule has 2 aliphatic rings. The Morgan fingerprint density at radius 1 is 0.882 bits per heavy atom. The standard InChI is InChI=1S/C28H22N4OS/c1-19-12-14-20(15-13-19)24-16-25(32-26(33)18-34-28(32)29-24)23-17-31(22-10-6-3-7-11-22)30-27(23)21-8-4-2-5-9-21/h2-17,25H,18H2,1H3/t25-/m1/s1. The highest BCUT2D eigenvalue weighted by molar-refractivity contribution is 8.15. The van der Waals surface area contributed by atoms with Crippen molar-refractivity contribution in [3.05, 3.63) is 114 Å². The lowest BCUT2D eigenvalue weighted by atomic mass is 9.98. The highest BCUT2D eigenvalue weighted by Crippen LogP contribution is 2.41. The first-order valence-corrected chi connectivity index (χ1v) is 12.2. The molecule has 1 fully saturated rings. The first-order valence-electron chi connectivity index (χ1n) is 11.2. The molecule has 0 unspecified atom stereocenters. The third-order valence-corrected chi connectivity index (χ3v) is 7.02. The van der Waals surface area contributed by atoms with Gasteiger partial charge in [0, 0.05) is 17.3 Å². The van der Waals surface area contributed by atoms with Crippen LogP contribution < -0.4 is 0 Å². The zero-order valence-electron chi connectivity index (χ0n) is 18.6. The number of aliphatic imine (C=N–C) groups is 1. The van der Waals surface area contributed by atoms with Crippen LogP contribution in [0.25, 0.3) is 22.6 Å². The summed E-state index contributed by atoms with van der Waals surface area (Å²) >= 11 is 1.50. The summed E-state index contributed by atoms with van der Waals surface area (Å²) in [5.41, 5.74) is 6.94. The quantitative estimate of drug-likeness (QED) is 0.381. The Hall–Kier alpha value is -3.90. The number of rotatable bonds is 4. The number of benzene rings is 3. The molecule has 6 heteroatoms. The molecule has 0 N–H and O–H groups in total. The predicted molar refractivity (Wildman–Crippen MR) is 138 cm³/mol. The average molecular weight is 463 g/mol. The summed E-state index contributed by atoms with van der Waals surface area (Å²) in [5, 5.41) is 5.73. The van der Waals surface area contributed by atoms with E-state index in [4.69, 9.17) is 10.1 Å². The zero-order chi connectivity index (χ0) is 23.1. The molecule has 1 amide bonds. The molecule has 0 radical (unpaired) electrons. The fraction of sp³-hybridized carbons (Fsp3) is 0.107. The summed E-state index contributed by atoms with van der Waals surface area (Å²) in [4.78, 5) is 19.6. The van der Waals surface area contributed by atoms with Crippen LogP contribution >= 0.6 is 11.8 Å². The number of amides is 1. The molecule has 34 heavy (non-hydrogen) atoms. The van der Waals surface area contributed by atoms with Gasteiger partial charge >= 0.3 is 0 Å². The van der Waals surface area contributed by atoms with Crippen molar-refractivity contribution in [2.75, 3.05) is 5.75 Å². The Bertz CT molecular complexity index is 1420. The summed E-state index contributed by atoms with van der Waals surface area (Å²) < 4.78 is 1.90. The van der Waals surface area contributed by atoms with Gasteiger partial charge in [-0.2, -0.15) is 5.10 Å². The second-order valence-electron chi connectivity index (χ2n) is 8.39. The van der Waals surface area contributed by atoms with Crippen LogP contribution in [0.2, 0.25) is 0 Å². The highest BCUT2D eigenvalue weighted by Gasteiger charge is 2.39. The lowest BCUT2D eigenvalue weighted by Crippen LogP contribution is -2.35. The molecule has 0 aliphatic carbocycles. The molecule has 2 aliphatic heterocycles. The molecule has 0 spiro atoms. The van der Waals surface area contributed by atoms with Crippen molar-refractivity contribution in [2.45, 2.75) is 13.0 Å². The molecular weight excluding hydrogens is 440 g/mol. The van der Waals surface area contributed by atoms with Gasteiger partial charge in [0.2, 0.25) is 5.91 Å². The van der Waals surface area contributed by atoms with Crippen LogP contribution in [-0.4, -0.2) is 31.5 Å². The summed E-state index contributed by atoms with van der Waals surface area (Å²) in [5.74, 6) is 0.470. The number of hydrogen-bond donors (Lipinski definition) is 0. The van der Waals surface area contributed by atoms with Crippen LogP contribution in [0.1, 0.15) is 22.7 Å². The largest absolute Gasteiger partial charge is 0.279 e. The van der Waals surface area contributed by atoms with E-state index in [9.17, 15) is 4.79 Å². The molecular formula is C28H22N4OS. The van der Waals surface area contributed by atoms with E-state index in [0.29, 0.717) is 5.75 Å². The van der Waals surface area contributed by atoms with Gasteiger partial charge < -0.3 is 0 Å². The molecule has 4 aromatic rings. The second-order valence-corrected chi connectivity index (χ2v) is 9.33. The van der Waals surface area contributed by atoms with Crippen LogP contribution in [0, 0.1) is 6.92 Å². The fourth-order valence-corrected chi connectivity index (χ4v) is 5.26. The molecule has 0 saturated carbocycles. The topological polar surface area (TPSA) is 50.5 Å². The molecule has 0 bridgehead atoms. The molecule has 5 nitrogen and oxygen atoms in total. The Morgan fingerprint density at radius 2 is 1.59 bits per heavy atom. The van der Waals surface area contributed by atoms with E-state index in [2.05, 4.69) is 49.4 Å². The van der Waals surface area contributed by atoms with E-state index < -0.39 is 0 Å². The van der Waals surface area contributed by atoms with E-state index in [1.54, 1.807) is 0 Å². The average Bonchev–Trinajstić information content (AvgIpc) is 3.49. The Morgan fingerprint density at radius 3 is 2.32 bits per heavy atom. The first-order chi connectivity index (χ1) is 16.7.